The van der Waals surface area contributed by atoms with Gasteiger partial charge in [-0.3, -0.25) is 0 Å². The molecule has 0 unspecified atom stereocenters. The Labute approximate surface area is 402 Å². The van der Waals surface area contributed by atoms with E-state index in [4.69, 9.17) is 14.5 Å². The van der Waals surface area contributed by atoms with Gasteiger partial charge in [-0.2, -0.15) is 0 Å². The molecule has 3 nitrogen and oxygen atoms in total. The van der Waals surface area contributed by atoms with Gasteiger partial charge in [-0.05, 0) is 103 Å². The van der Waals surface area contributed by atoms with Crippen LogP contribution in [0.5, 0.6) is 23.0 Å². The zero-order valence-electron chi connectivity index (χ0n) is 37.6. The predicted octanol–water partition coefficient (Wildman–Crippen LogP) is 17.3. The SMILES string of the molecule is c1ccc(-c2ccc(-c3cc(-c4ccc(-c5ccccc5)cc4)nc(-c4ccccc4-c4ccc5c(c4)Oc4c(ccc6c4-c4ccccc4C6(c4ccccc4)c4ccccc4)O5)c3)cc2)cc1. The van der Waals surface area contributed by atoms with Gasteiger partial charge in [0, 0.05) is 16.7 Å². The molecule has 1 aliphatic carbocycles. The van der Waals surface area contributed by atoms with Gasteiger partial charge in [-0.15, -0.1) is 0 Å². The van der Waals surface area contributed by atoms with E-state index in [-0.39, 0.29) is 0 Å². The Morgan fingerprint density at radius 1 is 0.275 bits per heavy atom. The maximum absolute atomic E-state index is 7.15. The van der Waals surface area contributed by atoms with Gasteiger partial charge >= 0.3 is 0 Å². The standard InChI is InChI=1S/C66H43NO2/c1-5-17-44(18-6-1)46-29-31-48(32-30-46)51-41-59(49-35-33-47(34-36-49)45-19-7-2-8-20-45)67-60(42-51)55-26-14-13-25-54(55)50-37-39-61-63(43-50)69-65-62(68-61)40-38-58-64(65)56-27-15-16-28-57(56)66(58,52-21-9-3-10-22-52)53-23-11-4-12-24-53/h1-43H. The second-order valence-electron chi connectivity index (χ2n) is 17.8. The first-order chi connectivity index (χ1) is 34.2. The van der Waals surface area contributed by atoms with Crippen LogP contribution >= 0.6 is 0 Å². The molecule has 10 aromatic carbocycles. The Morgan fingerprint density at radius 2 is 0.739 bits per heavy atom. The summed E-state index contributed by atoms with van der Waals surface area (Å²) >= 11 is 0. The van der Waals surface area contributed by atoms with Crippen molar-refractivity contribution in [3.05, 3.63) is 283 Å². The van der Waals surface area contributed by atoms with Crippen LogP contribution in [0.1, 0.15) is 22.3 Å². The minimum atomic E-state index is -0.553. The smallest absolute Gasteiger partial charge is 0.178 e. The maximum Gasteiger partial charge on any atom is 0.178 e. The Bertz CT molecular complexity index is 3540. The molecule has 11 aromatic rings. The van der Waals surface area contributed by atoms with E-state index in [1.165, 1.54) is 44.5 Å². The molecule has 0 bridgehead atoms. The molecule has 0 saturated heterocycles. The number of fused-ring (bicyclic) bond motifs is 6. The summed E-state index contributed by atoms with van der Waals surface area (Å²) in [5.74, 6) is 2.76. The lowest BCUT2D eigenvalue weighted by molar-refractivity contribution is 0.360. The molecule has 13 rings (SSSR count). The minimum absolute atomic E-state index is 0.553. The van der Waals surface area contributed by atoms with Crippen LogP contribution in [0.15, 0.2) is 261 Å². The lowest BCUT2D eigenvalue weighted by Crippen LogP contribution is -2.28. The van der Waals surface area contributed by atoms with Crippen molar-refractivity contribution in [1.29, 1.82) is 0 Å². The fraction of sp³-hybridized carbons (Fsp3) is 0.0152. The van der Waals surface area contributed by atoms with Crippen molar-refractivity contribution in [1.82, 2.24) is 4.98 Å². The van der Waals surface area contributed by atoms with Crippen LogP contribution in [0, 0.1) is 0 Å². The molecule has 2 heterocycles. The van der Waals surface area contributed by atoms with Gasteiger partial charge in [-0.1, -0.05) is 231 Å². The third-order valence-corrected chi connectivity index (χ3v) is 13.9. The second kappa shape index (κ2) is 16.7. The molecule has 1 aromatic heterocycles. The summed E-state index contributed by atoms with van der Waals surface area (Å²) in [5.41, 5.74) is 19.2. The first-order valence-corrected chi connectivity index (χ1v) is 23.5. The van der Waals surface area contributed by atoms with Crippen LogP contribution in [-0.2, 0) is 5.41 Å². The highest BCUT2D eigenvalue weighted by molar-refractivity contribution is 5.93. The highest BCUT2D eigenvalue weighted by Crippen LogP contribution is 2.62. The van der Waals surface area contributed by atoms with Crippen LogP contribution in [0.2, 0.25) is 0 Å². The topological polar surface area (TPSA) is 31.4 Å². The van der Waals surface area contributed by atoms with Crippen molar-refractivity contribution in [3.63, 3.8) is 0 Å². The monoisotopic (exact) mass is 881 g/mol. The molecule has 324 valence electrons. The number of ether oxygens (including phenoxy) is 2. The third kappa shape index (κ3) is 6.86. The maximum atomic E-state index is 7.15. The predicted molar refractivity (Wildman–Crippen MR) is 281 cm³/mol. The van der Waals surface area contributed by atoms with Crippen molar-refractivity contribution in [2.75, 3.05) is 0 Å². The lowest BCUT2D eigenvalue weighted by Gasteiger charge is -2.34. The van der Waals surface area contributed by atoms with Crippen LogP contribution in [-0.4, -0.2) is 4.98 Å². The first-order valence-electron chi connectivity index (χ1n) is 23.5. The van der Waals surface area contributed by atoms with Gasteiger partial charge in [0.2, 0.25) is 0 Å². The summed E-state index contributed by atoms with van der Waals surface area (Å²) in [6.45, 7) is 0. The Morgan fingerprint density at radius 3 is 1.36 bits per heavy atom. The van der Waals surface area contributed by atoms with E-state index in [9.17, 15) is 0 Å². The van der Waals surface area contributed by atoms with Gasteiger partial charge in [-0.25, -0.2) is 4.98 Å². The van der Waals surface area contributed by atoms with Gasteiger partial charge in [0.1, 0.15) is 0 Å². The number of aromatic nitrogens is 1. The summed E-state index contributed by atoms with van der Waals surface area (Å²) in [6, 6.07) is 92.6. The molecule has 0 N–H and O–H groups in total. The fourth-order valence-electron chi connectivity index (χ4n) is 10.6. The van der Waals surface area contributed by atoms with Gasteiger partial charge in [0.25, 0.3) is 0 Å². The normalized spacial score (nSPS) is 12.7. The van der Waals surface area contributed by atoms with E-state index in [1.54, 1.807) is 0 Å². The number of hydrogen-bond acceptors (Lipinski definition) is 3. The quantitative estimate of drug-likeness (QED) is 0.152. The average molecular weight is 882 g/mol. The number of rotatable bonds is 8. The van der Waals surface area contributed by atoms with E-state index >= 15 is 0 Å². The summed E-state index contributed by atoms with van der Waals surface area (Å²) < 4.78 is 13.9. The summed E-state index contributed by atoms with van der Waals surface area (Å²) in [5, 5.41) is 0. The van der Waals surface area contributed by atoms with Crippen LogP contribution < -0.4 is 9.47 Å². The molecular weight excluding hydrogens is 839 g/mol. The molecule has 1 aliphatic heterocycles. The van der Waals surface area contributed by atoms with Crippen molar-refractivity contribution < 1.29 is 9.47 Å². The zero-order valence-corrected chi connectivity index (χ0v) is 37.6. The van der Waals surface area contributed by atoms with Crippen molar-refractivity contribution in [2.24, 2.45) is 0 Å². The molecule has 0 radical (unpaired) electrons. The van der Waals surface area contributed by atoms with E-state index in [1.807, 2.05) is 6.07 Å². The van der Waals surface area contributed by atoms with E-state index in [0.717, 1.165) is 61.6 Å². The molecule has 69 heavy (non-hydrogen) atoms. The number of nitrogens with zero attached hydrogens (tertiary/aromatic N) is 1. The van der Waals surface area contributed by atoms with Crippen LogP contribution in [0.3, 0.4) is 0 Å². The molecular formula is C66H43NO2. The third-order valence-electron chi connectivity index (χ3n) is 13.9. The summed E-state index contributed by atoms with van der Waals surface area (Å²) in [4.78, 5) is 5.44. The molecule has 0 fully saturated rings. The fourth-order valence-corrected chi connectivity index (χ4v) is 10.6. The number of pyridine rings is 1. The number of hydrogen-bond donors (Lipinski definition) is 0. The highest BCUT2D eigenvalue weighted by Gasteiger charge is 2.48. The van der Waals surface area contributed by atoms with Crippen molar-refractivity contribution >= 4 is 0 Å². The Kier molecular flexibility index (Phi) is 9.73. The van der Waals surface area contributed by atoms with E-state index in [0.29, 0.717) is 17.2 Å². The molecule has 2 aliphatic rings. The lowest BCUT2D eigenvalue weighted by atomic mass is 9.68. The molecule has 0 saturated carbocycles. The van der Waals surface area contributed by atoms with E-state index < -0.39 is 5.41 Å². The van der Waals surface area contributed by atoms with E-state index in [2.05, 4.69) is 255 Å². The van der Waals surface area contributed by atoms with Gasteiger partial charge < -0.3 is 9.47 Å². The Balaban J connectivity index is 0.917. The van der Waals surface area contributed by atoms with Crippen molar-refractivity contribution in [2.45, 2.75) is 5.41 Å². The van der Waals surface area contributed by atoms with Gasteiger partial charge in [0.05, 0.1) is 16.8 Å². The Hall–Kier alpha value is -9.05. The van der Waals surface area contributed by atoms with Gasteiger partial charge in [0.15, 0.2) is 23.0 Å². The highest BCUT2D eigenvalue weighted by atomic mass is 16.6. The first kappa shape index (κ1) is 40.2. The van der Waals surface area contributed by atoms with Crippen molar-refractivity contribution in [3.8, 4) is 101 Å². The number of benzene rings is 10. The largest absolute Gasteiger partial charge is 0.449 e. The zero-order chi connectivity index (χ0) is 45.7. The van der Waals surface area contributed by atoms with Crippen LogP contribution in [0.4, 0.5) is 0 Å². The summed E-state index contributed by atoms with van der Waals surface area (Å²) in [6.07, 6.45) is 0. The molecule has 0 spiro atoms. The average Bonchev–Trinajstić information content (AvgIpc) is 3.75. The van der Waals surface area contributed by atoms with Crippen LogP contribution in [0.25, 0.3) is 78.1 Å². The molecule has 0 atom stereocenters. The summed E-state index contributed by atoms with van der Waals surface area (Å²) in [7, 11) is 0. The second-order valence-corrected chi connectivity index (χ2v) is 17.8. The molecule has 0 amide bonds. The molecule has 3 heteroatoms. The minimum Gasteiger partial charge on any atom is -0.449 e.